The van der Waals surface area contributed by atoms with Crippen molar-refractivity contribution in [2.75, 3.05) is 0 Å². The maximum Gasteiger partial charge on any atom is 0.175 e. The molecule has 9 atom stereocenters. The number of hydrogen-bond acceptors (Lipinski definition) is 6. The second-order valence-corrected chi connectivity index (χ2v) is 18.6. The first-order valence-electron chi connectivity index (χ1n) is 22.5. The first-order valence-corrected chi connectivity index (χ1v) is 22.5. The lowest BCUT2D eigenvalue weighted by Crippen LogP contribution is -2.66. The Morgan fingerprint density at radius 2 is 0.823 bits per heavy atom. The van der Waals surface area contributed by atoms with Crippen LogP contribution < -0.4 is 0 Å². The van der Waals surface area contributed by atoms with Crippen LogP contribution in [0.1, 0.15) is 73.4 Å². The molecule has 10 rings (SSSR count). The SMILES string of the molecule is CC1(C)C2CCC1(C)C1(C2)O[C@@H]2[C@H](OCc3ccccc3)[C@@H](OCc3ccccc3)[C@H](OCc3ccccc3)[C@@H](OC(c3ccccc3)(c3ccccc3)c3ccccc3)[C@@H]2O1. The van der Waals surface area contributed by atoms with Gasteiger partial charge in [0.2, 0.25) is 0 Å². The van der Waals surface area contributed by atoms with Gasteiger partial charge in [-0.05, 0) is 57.6 Å². The standard InChI is InChI=1S/C56H58O6/c1-53(2)46-34-35-54(53,3)55(36-46)60-50-48(58-38-41-24-12-5-13-25-41)47(57-37-40-22-10-4-11-23-40)49(59-39-42-26-14-6-15-27-42)51(52(50)61-55)62-56(43-28-16-7-17-29-43,44-30-18-8-19-31-44)45-32-20-9-21-33-45/h4-33,46-52H,34-39H2,1-3H3/t46?,47-,48-,49+,50-,51-,52-,54?,55?/m1/s1. The summed E-state index contributed by atoms with van der Waals surface area (Å²) in [6, 6.07) is 62.8. The average molecular weight is 827 g/mol. The predicted molar refractivity (Wildman–Crippen MR) is 241 cm³/mol. The van der Waals surface area contributed by atoms with Gasteiger partial charge in [0.25, 0.3) is 0 Å². The van der Waals surface area contributed by atoms with Crippen molar-refractivity contribution in [3.63, 3.8) is 0 Å². The lowest BCUT2D eigenvalue weighted by atomic mass is 9.68. The van der Waals surface area contributed by atoms with E-state index in [1.54, 1.807) is 0 Å². The van der Waals surface area contributed by atoms with Gasteiger partial charge in [0.05, 0.1) is 19.8 Å². The van der Waals surface area contributed by atoms with Crippen LogP contribution in [0.2, 0.25) is 0 Å². The minimum Gasteiger partial charge on any atom is -0.368 e. The first kappa shape index (κ1) is 41.1. The lowest BCUT2D eigenvalue weighted by Gasteiger charge is -2.50. The Kier molecular flexibility index (Phi) is 11.3. The quantitative estimate of drug-likeness (QED) is 0.102. The Labute approximate surface area is 367 Å². The highest BCUT2D eigenvalue weighted by molar-refractivity contribution is 5.48. The Bertz CT molecular complexity index is 2260. The molecule has 0 aromatic heterocycles. The van der Waals surface area contributed by atoms with Gasteiger partial charge in [-0.1, -0.05) is 203 Å². The molecule has 4 aliphatic rings. The van der Waals surface area contributed by atoms with Crippen molar-refractivity contribution in [3.05, 3.63) is 215 Å². The van der Waals surface area contributed by atoms with Crippen molar-refractivity contribution < 1.29 is 28.4 Å². The zero-order valence-corrected chi connectivity index (χ0v) is 36.1. The first-order chi connectivity index (χ1) is 30.3. The van der Waals surface area contributed by atoms with Crippen LogP contribution in [-0.4, -0.2) is 42.4 Å². The monoisotopic (exact) mass is 826 g/mol. The second-order valence-electron chi connectivity index (χ2n) is 18.6. The summed E-state index contributed by atoms with van der Waals surface area (Å²) >= 11 is 0. The summed E-state index contributed by atoms with van der Waals surface area (Å²) in [5, 5.41) is 0. The van der Waals surface area contributed by atoms with Crippen LogP contribution in [0.25, 0.3) is 0 Å². The summed E-state index contributed by atoms with van der Waals surface area (Å²) in [5.74, 6) is -0.388. The van der Waals surface area contributed by atoms with Gasteiger partial charge in [-0.15, -0.1) is 0 Å². The van der Waals surface area contributed by atoms with Crippen molar-refractivity contribution in [2.45, 2.75) is 108 Å². The van der Waals surface area contributed by atoms with Gasteiger partial charge in [-0.3, -0.25) is 0 Å². The highest BCUT2D eigenvalue weighted by Gasteiger charge is 2.76. The van der Waals surface area contributed by atoms with Crippen LogP contribution in [0.3, 0.4) is 0 Å². The van der Waals surface area contributed by atoms with Gasteiger partial charge in [-0.25, -0.2) is 0 Å². The molecule has 1 heterocycles. The van der Waals surface area contributed by atoms with Crippen molar-refractivity contribution >= 4 is 0 Å². The van der Waals surface area contributed by atoms with Gasteiger partial charge in [0, 0.05) is 11.8 Å². The Hall–Kier alpha value is -4.92. The molecule has 1 spiro atoms. The summed E-state index contributed by atoms with van der Waals surface area (Å²) in [4.78, 5) is 0. The van der Waals surface area contributed by atoms with E-state index in [0.29, 0.717) is 25.7 Å². The van der Waals surface area contributed by atoms with Gasteiger partial charge in [-0.2, -0.15) is 0 Å². The number of hydrogen-bond donors (Lipinski definition) is 0. The fourth-order valence-electron chi connectivity index (χ4n) is 11.3. The highest BCUT2D eigenvalue weighted by atomic mass is 16.8. The second kappa shape index (κ2) is 17.0. The summed E-state index contributed by atoms with van der Waals surface area (Å²) < 4.78 is 45.4. The number of benzene rings is 6. The Balaban J connectivity index is 1.17. The van der Waals surface area contributed by atoms with Crippen LogP contribution >= 0.6 is 0 Å². The fraction of sp³-hybridized carbons (Fsp3) is 0.357. The third-order valence-electron chi connectivity index (χ3n) is 15.1. The van der Waals surface area contributed by atoms with Crippen LogP contribution in [0, 0.1) is 16.7 Å². The molecule has 62 heavy (non-hydrogen) atoms. The molecule has 1 aliphatic heterocycles. The van der Waals surface area contributed by atoms with Crippen LogP contribution in [0.4, 0.5) is 0 Å². The van der Waals surface area contributed by atoms with Crippen LogP contribution in [0.5, 0.6) is 0 Å². The molecule has 6 aromatic rings. The number of rotatable bonds is 14. The van der Waals surface area contributed by atoms with Crippen molar-refractivity contribution in [1.29, 1.82) is 0 Å². The summed E-state index contributed by atoms with van der Waals surface area (Å²) in [6.45, 7) is 8.28. The molecule has 1 saturated heterocycles. The Morgan fingerprint density at radius 3 is 1.19 bits per heavy atom. The molecule has 3 saturated carbocycles. The normalized spacial score (nSPS) is 29.8. The van der Waals surface area contributed by atoms with E-state index in [1.165, 1.54) is 0 Å². The van der Waals surface area contributed by atoms with Crippen molar-refractivity contribution in [3.8, 4) is 0 Å². The third kappa shape index (κ3) is 7.15. The predicted octanol–water partition coefficient (Wildman–Crippen LogP) is 11.5. The molecular formula is C56H58O6. The topological polar surface area (TPSA) is 55.4 Å². The Morgan fingerprint density at radius 1 is 0.468 bits per heavy atom. The maximum absolute atomic E-state index is 8.15. The zero-order valence-electron chi connectivity index (χ0n) is 36.1. The number of ether oxygens (including phenoxy) is 6. The molecule has 6 heteroatoms. The summed E-state index contributed by atoms with van der Waals surface area (Å²) in [5.41, 5.74) is 4.88. The smallest absolute Gasteiger partial charge is 0.175 e. The molecule has 2 bridgehead atoms. The molecule has 4 fully saturated rings. The minimum absolute atomic E-state index is 0.00549. The van der Waals surface area contributed by atoms with E-state index in [2.05, 4.69) is 185 Å². The molecule has 0 N–H and O–H groups in total. The molecule has 0 amide bonds. The van der Waals surface area contributed by atoms with E-state index in [0.717, 1.165) is 52.6 Å². The van der Waals surface area contributed by atoms with Gasteiger partial charge >= 0.3 is 0 Å². The van der Waals surface area contributed by atoms with E-state index in [1.807, 2.05) is 18.2 Å². The zero-order chi connectivity index (χ0) is 42.2. The number of fused-ring (bicyclic) bond motifs is 4. The van der Waals surface area contributed by atoms with E-state index < -0.39 is 48.0 Å². The average Bonchev–Trinajstić information content (AvgIpc) is 3.87. The minimum atomic E-state index is -1.08. The van der Waals surface area contributed by atoms with E-state index in [-0.39, 0.29) is 10.8 Å². The van der Waals surface area contributed by atoms with Gasteiger partial charge in [0.1, 0.15) is 42.2 Å². The van der Waals surface area contributed by atoms with E-state index in [9.17, 15) is 0 Å². The van der Waals surface area contributed by atoms with Crippen LogP contribution in [0.15, 0.2) is 182 Å². The highest BCUT2D eigenvalue weighted by Crippen LogP contribution is 2.73. The molecule has 318 valence electrons. The molecule has 6 nitrogen and oxygen atoms in total. The van der Waals surface area contributed by atoms with Crippen molar-refractivity contribution in [1.82, 2.24) is 0 Å². The van der Waals surface area contributed by atoms with Gasteiger partial charge in [0.15, 0.2) is 5.79 Å². The van der Waals surface area contributed by atoms with E-state index >= 15 is 0 Å². The lowest BCUT2D eigenvalue weighted by molar-refractivity contribution is -0.266. The summed E-state index contributed by atoms with van der Waals surface area (Å²) in [6.07, 6.45) is -0.638. The van der Waals surface area contributed by atoms with Crippen LogP contribution in [-0.2, 0) is 53.8 Å². The molecule has 3 aliphatic carbocycles. The molecular weight excluding hydrogens is 769 g/mol. The van der Waals surface area contributed by atoms with Gasteiger partial charge < -0.3 is 28.4 Å². The van der Waals surface area contributed by atoms with E-state index in [4.69, 9.17) is 28.4 Å². The van der Waals surface area contributed by atoms with Crippen molar-refractivity contribution in [2.24, 2.45) is 16.7 Å². The fourth-order valence-corrected chi connectivity index (χ4v) is 11.3. The maximum atomic E-state index is 8.15. The molecule has 0 radical (unpaired) electrons. The summed E-state index contributed by atoms with van der Waals surface area (Å²) in [7, 11) is 0. The molecule has 6 aromatic carbocycles. The largest absolute Gasteiger partial charge is 0.368 e. The molecule has 3 unspecified atom stereocenters. The third-order valence-corrected chi connectivity index (χ3v) is 15.1.